The lowest BCUT2D eigenvalue weighted by Crippen LogP contribution is -2.52. The van der Waals surface area contributed by atoms with Crippen molar-refractivity contribution in [3.05, 3.63) is 29.6 Å². The molecule has 5 nitrogen and oxygen atoms in total. The molecule has 0 bridgehead atoms. The summed E-state index contributed by atoms with van der Waals surface area (Å²) in [6.45, 7) is 0.0183. The summed E-state index contributed by atoms with van der Waals surface area (Å²) in [4.78, 5) is -1.17. The van der Waals surface area contributed by atoms with Gasteiger partial charge >= 0.3 is 0 Å². The van der Waals surface area contributed by atoms with Crippen molar-refractivity contribution in [1.82, 2.24) is 4.31 Å². The zero-order chi connectivity index (χ0) is 14.9. The standard InChI is InChI=1S/C11H13F3N2O3S/c12-7-3-9(13)11(10(14)4-7)20(17,18)16-1-2-19-6-8(16)5-15/h3-4,8H,1-2,5-6,15H2. The van der Waals surface area contributed by atoms with Gasteiger partial charge in [0.2, 0.25) is 10.0 Å². The molecule has 0 saturated carbocycles. The minimum atomic E-state index is -4.44. The number of nitrogens with two attached hydrogens (primary N) is 1. The lowest BCUT2D eigenvalue weighted by molar-refractivity contribution is 0.0356. The number of morpholine rings is 1. The molecular weight excluding hydrogens is 297 g/mol. The van der Waals surface area contributed by atoms with Crippen LogP contribution in [0.3, 0.4) is 0 Å². The lowest BCUT2D eigenvalue weighted by atomic mass is 10.3. The fourth-order valence-electron chi connectivity index (χ4n) is 2.03. The summed E-state index contributed by atoms with van der Waals surface area (Å²) < 4.78 is 70.8. The number of hydrogen-bond acceptors (Lipinski definition) is 4. The molecule has 1 aliphatic heterocycles. The molecule has 1 aliphatic rings. The summed E-state index contributed by atoms with van der Waals surface area (Å²) in [7, 11) is -4.44. The first-order valence-electron chi connectivity index (χ1n) is 5.82. The van der Waals surface area contributed by atoms with Crippen molar-refractivity contribution in [2.45, 2.75) is 10.9 Å². The molecule has 1 unspecified atom stereocenters. The van der Waals surface area contributed by atoms with Gasteiger partial charge in [-0.1, -0.05) is 0 Å². The van der Waals surface area contributed by atoms with Gasteiger partial charge < -0.3 is 10.5 Å². The maximum atomic E-state index is 13.6. The molecule has 0 aromatic heterocycles. The first kappa shape index (κ1) is 15.2. The van der Waals surface area contributed by atoms with Crippen LogP contribution in [0.15, 0.2) is 17.0 Å². The summed E-state index contributed by atoms with van der Waals surface area (Å²) in [5.74, 6) is -4.12. The maximum Gasteiger partial charge on any atom is 0.249 e. The third kappa shape index (κ3) is 2.66. The van der Waals surface area contributed by atoms with Gasteiger partial charge in [0.15, 0.2) is 4.90 Å². The summed E-state index contributed by atoms with van der Waals surface area (Å²) >= 11 is 0. The molecule has 1 aromatic rings. The Morgan fingerprint density at radius 1 is 1.30 bits per heavy atom. The Kier molecular flexibility index (Phi) is 4.33. The number of hydrogen-bond donors (Lipinski definition) is 1. The van der Waals surface area contributed by atoms with Crippen LogP contribution in [0.5, 0.6) is 0 Å². The monoisotopic (exact) mass is 310 g/mol. The molecule has 112 valence electrons. The Hall–Kier alpha value is -1.16. The fraction of sp³-hybridized carbons (Fsp3) is 0.455. The highest BCUT2D eigenvalue weighted by molar-refractivity contribution is 7.89. The third-order valence-electron chi connectivity index (χ3n) is 2.98. The normalized spacial score (nSPS) is 21.1. The second-order valence-electron chi connectivity index (χ2n) is 4.28. The smallest absolute Gasteiger partial charge is 0.249 e. The van der Waals surface area contributed by atoms with E-state index in [4.69, 9.17) is 10.5 Å². The van der Waals surface area contributed by atoms with E-state index in [1.807, 2.05) is 0 Å². The van der Waals surface area contributed by atoms with Crippen LogP contribution in [0.2, 0.25) is 0 Å². The minimum Gasteiger partial charge on any atom is -0.378 e. The van der Waals surface area contributed by atoms with E-state index in [-0.39, 0.29) is 26.3 Å². The van der Waals surface area contributed by atoms with Crippen molar-refractivity contribution in [3.8, 4) is 0 Å². The van der Waals surface area contributed by atoms with Gasteiger partial charge in [0.1, 0.15) is 17.5 Å². The van der Waals surface area contributed by atoms with E-state index in [1.165, 1.54) is 0 Å². The van der Waals surface area contributed by atoms with Crippen LogP contribution in [-0.2, 0) is 14.8 Å². The van der Waals surface area contributed by atoms with Crippen molar-refractivity contribution in [1.29, 1.82) is 0 Å². The predicted octanol–water partition coefficient (Wildman–Crippen LogP) is 0.452. The number of halogens is 3. The average molecular weight is 310 g/mol. The predicted molar refractivity (Wildman–Crippen MR) is 63.9 cm³/mol. The first-order chi connectivity index (χ1) is 9.37. The molecule has 1 fully saturated rings. The molecule has 1 atom stereocenters. The molecule has 1 aromatic carbocycles. The molecule has 20 heavy (non-hydrogen) atoms. The molecule has 9 heteroatoms. The molecule has 1 heterocycles. The molecular formula is C11H13F3N2O3S. The van der Waals surface area contributed by atoms with Gasteiger partial charge in [-0.25, -0.2) is 21.6 Å². The van der Waals surface area contributed by atoms with Crippen LogP contribution in [0.4, 0.5) is 13.2 Å². The number of rotatable bonds is 3. The number of nitrogens with zero attached hydrogens (tertiary/aromatic N) is 1. The molecule has 0 radical (unpaired) electrons. The van der Waals surface area contributed by atoms with E-state index >= 15 is 0 Å². The van der Waals surface area contributed by atoms with Gasteiger partial charge in [0.25, 0.3) is 0 Å². The van der Waals surface area contributed by atoms with E-state index < -0.39 is 38.4 Å². The van der Waals surface area contributed by atoms with Crippen molar-refractivity contribution in [2.24, 2.45) is 5.73 Å². The van der Waals surface area contributed by atoms with Crippen LogP contribution in [0, 0.1) is 17.5 Å². The van der Waals surface area contributed by atoms with E-state index in [9.17, 15) is 21.6 Å². The number of sulfonamides is 1. The summed E-state index contributed by atoms with van der Waals surface area (Å²) in [5.41, 5.74) is 5.44. The maximum absolute atomic E-state index is 13.6. The van der Waals surface area contributed by atoms with Crippen molar-refractivity contribution < 1.29 is 26.3 Å². The highest BCUT2D eigenvalue weighted by atomic mass is 32.2. The van der Waals surface area contributed by atoms with Gasteiger partial charge in [-0.2, -0.15) is 4.31 Å². The highest BCUT2D eigenvalue weighted by Crippen LogP contribution is 2.26. The summed E-state index contributed by atoms with van der Waals surface area (Å²) in [6, 6.07) is -0.0561. The van der Waals surface area contributed by atoms with Gasteiger partial charge in [-0.15, -0.1) is 0 Å². The van der Waals surface area contributed by atoms with Crippen molar-refractivity contribution >= 4 is 10.0 Å². The Bertz CT molecular complexity index is 586. The summed E-state index contributed by atoms with van der Waals surface area (Å²) in [6.07, 6.45) is 0. The second kappa shape index (κ2) is 5.68. The SMILES string of the molecule is NCC1COCCN1S(=O)(=O)c1c(F)cc(F)cc1F. The molecule has 0 aliphatic carbocycles. The Morgan fingerprint density at radius 3 is 2.45 bits per heavy atom. The highest BCUT2D eigenvalue weighted by Gasteiger charge is 2.37. The van der Waals surface area contributed by atoms with Crippen LogP contribution in [-0.4, -0.2) is 45.1 Å². The van der Waals surface area contributed by atoms with Crippen LogP contribution >= 0.6 is 0 Å². The minimum absolute atomic E-state index is 0.0418. The van der Waals surface area contributed by atoms with E-state index in [1.54, 1.807) is 0 Å². The Labute approximate surface area is 114 Å². The average Bonchev–Trinajstić information content (AvgIpc) is 2.37. The second-order valence-corrected chi connectivity index (χ2v) is 6.11. The fourth-order valence-corrected chi connectivity index (χ4v) is 3.73. The largest absolute Gasteiger partial charge is 0.378 e. The van der Waals surface area contributed by atoms with Gasteiger partial charge in [0, 0.05) is 25.2 Å². The van der Waals surface area contributed by atoms with Crippen LogP contribution in [0.25, 0.3) is 0 Å². The Morgan fingerprint density at radius 2 is 1.90 bits per heavy atom. The third-order valence-corrected chi connectivity index (χ3v) is 4.98. The van der Waals surface area contributed by atoms with E-state index in [0.717, 1.165) is 4.31 Å². The van der Waals surface area contributed by atoms with E-state index in [0.29, 0.717) is 12.1 Å². The number of benzene rings is 1. The molecule has 0 amide bonds. The zero-order valence-electron chi connectivity index (χ0n) is 10.4. The summed E-state index contributed by atoms with van der Waals surface area (Å²) in [5, 5.41) is 0. The zero-order valence-corrected chi connectivity index (χ0v) is 11.2. The molecule has 2 rings (SSSR count). The van der Waals surface area contributed by atoms with Crippen molar-refractivity contribution in [3.63, 3.8) is 0 Å². The number of ether oxygens (including phenoxy) is 1. The molecule has 0 spiro atoms. The van der Waals surface area contributed by atoms with Crippen LogP contribution in [0.1, 0.15) is 0 Å². The van der Waals surface area contributed by atoms with Crippen molar-refractivity contribution in [2.75, 3.05) is 26.3 Å². The van der Waals surface area contributed by atoms with Crippen LogP contribution < -0.4 is 5.73 Å². The van der Waals surface area contributed by atoms with Gasteiger partial charge in [0.05, 0.1) is 19.3 Å². The Balaban J connectivity index is 2.49. The van der Waals surface area contributed by atoms with Gasteiger partial charge in [-0.05, 0) is 0 Å². The molecule has 2 N–H and O–H groups in total. The first-order valence-corrected chi connectivity index (χ1v) is 7.26. The van der Waals surface area contributed by atoms with E-state index in [2.05, 4.69) is 0 Å². The topological polar surface area (TPSA) is 72.6 Å². The quantitative estimate of drug-likeness (QED) is 0.880. The molecule has 1 saturated heterocycles. The lowest BCUT2D eigenvalue weighted by Gasteiger charge is -2.33. The van der Waals surface area contributed by atoms with Gasteiger partial charge in [-0.3, -0.25) is 0 Å².